The van der Waals surface area contributed by atoms with E-state index in [-0.39, 0.29) is 24.3 Å². The number of hydrogen-bond acceptors (Lipinski definition) is 2. The van der Waals surface area contributed by atoms with Crippen molar-refractivity contribution < 1.29 is 14.0 Å². The van der Waals surface area contributed by atoms with Gasteiger partial charge in [-0.05, 0) is 46.5 Å². The highest BCUT2D eigenvalue weighted by atomic mass is 79.9. The smallest absolute Gasteiger partial charge is 0.305 e. The van der Waals surface area contributed by atoms with Crippen LogP contribution in [0.3, 0.4) is 0 Å². The lowest BCUT2D eigenvalue weighted by molar-refractivity contribution is -0.127. The lowest BCUT2D eigenvalue weighted by Gasteiger charge is -2.33. The number of hydrogen-bond donors (Lipinski definition) is 1. The van der Waals surface area contributed by atoms with Gasteiger partial charge < -0.3 is 4.90 Å². The number of carbonyl (C=O) groups is 2. The first-order chi connectivity index (χ1) is 9.44. The van der Waals surface area contributed by atoms with Crippen molar-refractivity contribution in [1.82, 2.24) is 10.2 Å². The van der Waals surface area contributed by atoms with Gasteiger partial charge in [-0.25, -0.2) is 9.18 Å². The highest BCUT2D eigenvalue weighted by Crippen LogP contribution is 2.31. The minimum absolute atomic E-state index is 0.256. The topological polar surface area (TPSA) is 49.4 Å². The molecule has 20 heavy (non-hydrogen) atoms. The van der Waals surface area contributed by atoms with Gasteiger partial charge in [0.25, 0.3) is 5.91 Å². The van der Waals surface area contributed by atoms with Crippen LogP contribution in [0.4, 0.5) is 9.18 Å². The summed E-state index contributed by atoms with van der Waals surface area (Å²) in [5.41, 5.74) is -0.0350. The average molecular weight is 343 g/mol. The lowest BCUT2D eigenvalue weighted by atomic mass is 9.91. The molecule has 1 saturated heterocycles. The summed E-state index contributed by atoms with van der Waals surface area (Å²) >= 11 is 3.12. The van der Waals surface area contributed by atoms with Crippen molar-refractivity contribution >= 4 is 27.9 Å². The molecule has 0 radical (unpaired) electrons. The Hall–Kier alpha value is -1.43. The third kappa shape index (κ3) is 2.32. The van der Waals surface area contributed by atoms with Gasteiger partial charge in [-0.3, -0.25) is 10.1 Å². The van der Waals surface area contributed by atoms with Crippen LogP contribution in [0, 0.1) is 5.82 Å². The van der Waals surface area contributed by atoms with Gasteiger partial charge in [-0.1, -0.05) is 19.9 Å². The highest BCUT2D eigenvalue weighted by Gasteiger charge is 2.50. The normalized spacial score (nSPS) is 17.5. The molecule has 1 aliphatic rings. The largest absolute Gasteiger partial charge is 0.325 e. The Kier molecular flexibility index (Phi) is 4.13. The number of amides is 3. The van der Waals surface area contributed by atoms with Gasteiger partial charge >= 0.3 is 6.03 Å². The molecule has 6 heteroatoms. The fraction of sp³-hybridized carbons (Fsp3) is 0.429. The van der Waals surface area contributed by atoms with E-state index in [2.05, 4.69) is 21.2 Å². The molecule has 0 saturated carbocycles. The molecule has 3 amide bonds. The maximum absolute atomic E-state index is 13.2. The second-order valence-corrected chi connectivity index (χ2v) is 5.69. The number of imide groups is 1. The first-order valence-corrected chi connectivity index (χ1v) is 7.31. The van der Waals surface area contributed by atoms with Crippen LogP contribution >= 0.6 is 15.9 Å². The summed E-state index contributed by atoms with van der Waals surface area (Å²) in [4.78, 5) is 25.6. The molecule has 0 bridgehead atoms. The maximum atomic E-state index is 13.2. The van der Waals surface area contributed by atoms with Crippen LogP contribution in [-0.2, 0) is 11.3 Å². The average Bonchev–Trinajstić information content (AvgIpc) is 2.65. The summed E-state index contributed by atoms with van der Waals surface area (Å²) in [5, 5.41) is 2.37. The second-order valence-electron chi connectivity index (χ2n) is 4.83. The van der Waals surface area contributed by atoms with Gasteiger partial charge in [0.1, 0.15) is 11.4 Å². The number of carbonyl (C=O) groups excluding carboxylic acids is 2. The van der Waals surface area contributed by atoms with Crippen molar-refractivity contribution in [1.29, 1.82) is 0 Å². The van der Waals surface area contributed by atoms with E-state index >= 15 is 0 Å². The number of nitrogens with one attached hydrogen (secondary N) is 1. The Morgan fingerprint density at radius 2 is 1.95 bits per heavy atom. The van der Waals surface area contributed by atoms with Crippen LogP contribution in [0.1, 0.15) is 32.3 Å². The minimum Gasteiger partial charge on any atom is -0.305 e. The molecule has 1 aliphatic heterocycles. The zero-order valence-corrected chi connectivity index (χ0v) is 13.0. The fourth-order valence-electron chi connectivity index (χ4n) is 2.59. The van der Waals surface area contributed by atoms with E-state index in [9.17, 15) is 14.0 Å². The standard InChI is InChI=1S/C14H16BrFN2O2/c1-3-14(4-2)12(19)17-13(20)18(14)8-9-5-6-11(16)10(15)7-9/h5-7H,3-4,8H2,1-2H3,(H,17,19,20). The van der Waals surface area contributed by atoms with Crippen molar-refractivity contribution in [3.63, 3.8) is 0 Å². The first-order valence-electron chi connectivity index (χ1n) is 6.51. The number of benzene rings is 1. The zero-order valence-electron chi connectivity index (χ0n) is 11.4. The fourth-order valence-corrected chi connectivity index (χ4v) is 3.02. The predicted molar refractivity (Wildman–Crippen MR) is 76.5 cm³/mol. The summed E-state index contributed by atoms with van der Waals surface area (Å²) in [6.45, 7) is 4.04. The summed E-state index contributed by atoms with van der Waals surface area (Å²) in [6.07, 6.45) is 1.09. The van der Waals surface area contributed by atoms with E-state index in [4.69, 9.17) is 0 Å². The van der Waals surface area contributed by atoms with E-state index in [1.54, 1.807) is 12.1 Å². The monoisotopic (exact) mass is 342 g/mol. The third-order valence-corrected chi connectivity index (χ3v) is 4.51. The lowest BCUT2D eigenvalue weighted by Crippen LogP contribution is -2.48. The van der Waals surface area contributed by atoms with Crippen LogP contribution in [-0.4, -0.2) is 22.4 Å². The van der Waals surface area contributed by atoms with Crippen molar-refractivity contribution in [2.24, 2.45) is 0 Å². The summed E-state index contributed by atoms with van der Waals surface area (Å²) < 4.78 is 13.6. The van der Waals surface area contributed by atoms with Crippen LogP contribution in [0.5, 0.6) is 0 Å². The molecule has 1 aromatic rings. The van der Waals surface area contributed by atoms with Crippen LogP contribution in [0.2, 0.25) is 0 Å². The van der Waals surface area contributed by atoms with Crippen molar-refractivity contribution in [2.75, 3.05) is 0 Å². The van der Waals surface area contributed by atoms with E-state index in [1.807, 2.05) is 13.8 Å². The zero-order chi connectivity index (χ0) is 14.9. The van der Waals surface area contributed by atoms with Gasteiger partial charge in [0.05, 0.1) is 4.47 Å². The number of halogens is 2. The predicted octanol–water partition coefficient (Wildman–Crippen LogP) is 3.20. The van der Waals surface area contributed by atoms with E-state index in [0.717, 1.165) is 5.56 Å². The molecule has 0 spiro atoms. The Bertz CT molecular complexity index is 558. The van der Waals surface area contributed by atoms with E-state index < -0.39 is 5.54 Å². The molecule has 1 N–H and O–H groups in total. The third-order valence-electron chi connectivity index (χ3n) is 3.90. The molecule has 1 heterocycles. The Labute approximate surface area is 125 Å². The molecule has 0 aromatic heterocycles. The number of rotatable bonds is 4. The Balaban J connectivity index is 2.32. The van der Waals surface area contributed by atoms with Crippen LogP contribution in [0.15, 0.2) is 22.7 Å². The Morgan fingerprint density at radius 3 is 2.50 bits per heavy atom. The van der Waals surface area contributed by atoms with E-state index in [1.165, 1.54) is 11.0 Å². The molecule has 0 unspecified atom stereocenters. The van der Waals surface area contributed by atoms with Gasteiger partial charge in [0, 0.05) is 6.54 Å². The molecular formula is C14H16BrFN2O2. The van der Waals surface area contributed by atoms with Gasteiger partial charge in [-0.2, -0.15) is 0 Å². The van der Waals surface area contributed by atoms with Gasteiger partial charge in [0.2, 0.25) is 0 Å². The molecular weight excluding hydrogens is 327 g/mol. The molecule has 0 aliphatic carbocycles. The molecule has 0 atom stereocenters. The van der Waals surface area contributed by atoms with Crippen molar-refractivity contribution in [3.05, 3.63) is 34.1 Å². The van der Waals surface area contributed by atoms with Gasteiger partial charge in [0.15, 0.2) is 0 Å². The Morgan fingerprint density at radius 1 is 1.30 bits per heavy atom. The van der Waals surface area contributed by atoms with Crippen molar-refractivity contribution in [3.8, 4) is 0 Å². The second kappa shape index (κ2) is 5.52. The minimum atomic E-state index is -0.808. The highest BCUT2D eigenvalue weighted by molar-refractivity contribution is 9.10. The first kappa shape index (κ1) is 15.0. The summed E-state index contributed by atoms with van der Waals surface area (Å²) in [7, 11) is 0. The summed E-state index contributed by atoms with van der Waals surface area (Å²) in [5.74, 6) is -0.610. The van der Waals surface area contributed by atoms with E-state index in [0.29, 0.717) is 17.3 Å². The quantitative estimate of drug-likeness (QED) is 0.854. The van der Waals surface area contributed by atoms with Crippen LogP contribution < -0.4 is 5.32 Å². The number of nitrogens with zero attached hydrogens (tertiary/aromatic N) is 1. The molecule has 2 rings (SSSR count). The molecule has 108 valence electrons. The van der Waals surface area contributed by atoms with Crippen LogP contribution in [0.25, 0.3) is 0 Å². The molecule has 4 nitrogen and oxygen atoms in total. The SMILES string of the molecule is CCC1(CC)C(=O)NC(=O)N1Cc1ccc(F)c(Br)c1. The van der Waals surface area contributed by atoms with Gasteiger partial charge in [-0.15, -0.1) is 0 Å². The maximum Gasteiger partial charge on any atom is 0.325 e. The van der Waals surface area contributed by atoms with Crippen molar-refractivity contribution in [2.45, 2.75) is 38.8 Å². The molecule has 1 aromatic carbocycles. The summed E-state index contributed by atoms with van der Waals surface area (Å²) in [6, 6.07) is 4.20. The molecule has 1 fully saturated rings. The number of urea groups is 1.